The molecule has 36 heavy (non-hydrogen) atoms. The van der Waals surface area contributed by atoms with Crippen molar-refractivity contribution < 1.29 is 19.1 Å². The predicted molar refractivity (Wildman–Crippen MR) is 146 cm³/mol. The molecule has 0 fully saturated rings. The van der Waals surface area contributed by atoms with E-state index in [1.165, 1.54) is 0 Å². The van der Waals surface area contributed by atoms with E-state index >= 15 is 0 Å². The van der Waals surface area contributed by atoms with Gasteiger partial charge < -0.3 is 20.3 Å². The van der Waals surface area contributed by atoms with Gasteiger partial charge in [0.1, 0.15) is 17.7 Å². The fourth-order valence-electron chi connectivity index (χ4n) is 3.95. The van der Waals surface area contributed by atoms with E-state index in [4.69, 9.17) is 4.74 Å². The third-order valence-corrected chi connectivity index (χ3v) is 6.15. The van der Waals surface area contributed by atoms with Gasteiger partial charge in [-0.25, -0.2) is 4.79 Å². The average molecular weight is 504 g/mol. The first-order valence-corrected chi connectivity index (χ1v) is 13.3. The molecule has 0 radical (unpaired) electrons. The number of hydrogen-bond acceptors (Lipinski definition) is 4. The smallest absolute Gasteiger partial charge is 0.408 e. The molecule has 3 unspecified atom stereocenters. The van der Waals surface area contributed by atoms with E-state index < -0.39 is 29.3 Å². The molecule has 0 heterocycles. The van der Waals surface area contributed by atoms with Crippen molar-refractivity contribution in [2.45, 2.75) is 118 Å². The summed E-state index contributed by atoms with van der Waals surface area (Å²) in [4.78, 5) is 42.2. The van der Waals surface area contributed by atoms with Crippen LogP contribution in [0.2, 0.25) is 0 Å². The van der Waals surface area contributed by atoms with Crippen LogP contribution in [0.3, 0.4) is 0 Å². The Morgan fingerprint density at radius 2 is 1.56 bits per heavy atom. The number of unbranched alkanes of at least 4 members (excludes halogenated alkanes) is 1. The molecule has 0 saturated carbocycles. The molecule has 0 aliphatic rings. The summed E-state index contributed by atoms with van der Waals surface area (Å²) in [5.41, 5.74) is 0.500. The van der Waals surface area contributed by atoms with E-state index in [1.54, 1.807) is 25.7 Å². The Morgan fingerprint density at radius 1 is 0.972 bits per heavy atom. The molecule has 1 aromatic rings. The number of nitrogens with zero attached hydrogens (tertiary/aromatic N) is 1. The van der Waals surface area contributed by atoms with Gasteiger partial charge in [-0.3, -0.25) is 9.59 Å². The first-order chi connectivity index (χ1) is 16.7. The Hall–Kier alpha value is -2.57. The quantitative estimate of drug-likeness (QED) is 0.375. The standard InChI is InChI=1S/C29H49N3O4/c1-11-14-19-30-25(33)24(22-17-15-21(13-3)16-18-22)32(28(5,6)7)26(34)23(20(4)12-2)31-27(35)36-29(8,9)10/h15-18,20,23-24H,11-14,19H2,1-10H3,(H,30,33)(H,31,35). The SMILES string of the molecule is CCCCNC(=O)C(c1ccc(CC)cc1)N(C(=O)C(NC(=O)OC(C)(C)C)C(C)CC)C(C)(C)C. The Bertz CT molecular complexity index is 853. The van der Waals surface area contributed by atoms with Crippen molar-refractivity contribution in [3.8, 4) is 0 Å². The van der Waals surface area contributed by atoms with Crippen molar-refractivity contribution in [2.24, 2.45) is 5.92 Å². The van der Waals surface area contributed by atoms with Gasteiger partial charge in [0.15, 0.2) is 0 Å². The largest absolute Gasteiger partial charge is 0.444 e. The number of benzene rings is 1. The maximum absolute atomic E-state index is 14.2. The van der Waals surface area contributed by atoms with Crippen molar-refractivity contribution in [3.63, 3.8) is 0 Å². The number of nitrogens with one attached hydrogen (secondary N) is 2. The first-order valence-electron chi connectivity index (χ1n) is 13.3. The normalized spacial score (nSPS) is 14.4. The number of alkyl carbamates (subject to hydrolysis) is 1. The van der Waals surface area contributed by atoms with Crippen LogP contribution in [0.15, 0.2) is 24.3 Å². The first kappa shape index (κ1) is 31.5. The van der Waals surface area contributed by atoms with E-state index in [2.05, 4.69) is 24.5 Å². The number of hydrogen-bond donors (Lipinski definition) is 2. The molecular formula is C29H49N3O4. The zero-order chi connectivity index (χ0) is 27.7. The molecule has 1 rings (SSSR count). The topological polar surface area (TPSA) is 87.7 Å². The van der Waals surface area contributed by atoms with Crippen LogP contribution in [0, 0.1) is 5.92 Å². The number of amides is 3. The second-order valence-corrected chi connectivity index (χ2v) is 11.5. The number of rotatable bonds is 11. The van der Waals surface area contributed by atoms with Gasteiger partial charge in [0.25, 0.3) is 0 Å². The van der Waals surface area contributed by atoms with Crippen LogP contribution in [-0.2, 0) is 20.7 Å². The Labute approximate surface area is 218 Å². The summed E-state index contributed by atoms with van der Waals surface area (Å²) in [6.07, 6.45) is 2.71. The van der Waals surface area contributed by atoms with E-state index in [-0.39, 0.29) is 17.7 Å². The average Bonchev–Trinajstić information content (AvgIpc) is 2.78. The molecule has 3 amide bonds. The second-order valence-electron chi connectivity index (χ2n) is 11.5. The van der Waals surface area contributed by atoms with Crippen LogP contribution in [0.4, 0.5) is 4.79 Å². The predicted octanol–water partition coefficient (Wildman–Crippen LogP) is 5.77. The van der Waals surface area contributed by atoms with Gasteiger partial charge >= 0.3 is 6.09 Å². The lowest BCUT2D eigenvalue weighted by Crippen LogP contribution is -2.60. The van der Waals surface area contributed by atoms with Crippen molar-refractivity contribution in [2.75, 3.05) is 6.54 Å². The van der Waals surface area contributed by atoms with Gasteiger partial charge in [-0.2, -0.15) is 0 Å². The van der Waals surface area contributed by atoms with Crippen LogP contribution >= 0.6 is 0 Å². The Balaban J connectivity index is 3.55. The molecule has 3 atom stereocenters. The fraction of sp³-hybridized carbons (Fsp3) is 0.690. The summed E-state index contributed by atoms with van der Waals surface area (Å²) < 4.78 is 5.46. The minimum Gasteiger partial charge on any atom is -0.444 e. The lowest BCUT2D eigenvalue weighted by atomic mass is 9.91. The molecule has 2 N–H and O–H groups in total. The molecule has 7 heteroatoms. The maximum Gasteiger partial charge on any atom is 0.408 e. The molecule has 0 aliphatic heterocycles. The third kappa shape index (κ3) is 9.47. The molecule has 0 aliphatic carbocycles. The van der Waals surface area contributed by atoms with Gasteiger partial charge in [-0.1, -0.05) is 64.8 Å². The lowest BCUT2D eigenvalue weighted by molar-refractivity contribution is -0.149. The minimum absolute atomic E-state index is 0.166. The van der Waals surface area contributed by atoms with Crippen molar-refractivity contribution in [3.05, 3.63) is 35.4 Å². The van der Waals surface area contributed by atoms with Gasteiger partial charge in [-0.15, -0.1) is 0 Å². The van der Waals surface area contributed by atoms with Gasteiger partial charge in [0.05, 0.1) is 0 Å². The number of ether oxygens (including phenoxy) is 1. The summed E-state index contributed by atoms with van der Waals surface area (Å²) in [7, 11) is 0. The molecule has 0 spiro atoms. The van der Waals surface area contributed by atoms with E-state index in [9.17, 15) is 14.4 Å². The molecular weight excluding hydrogens is 454 g/mol. The number of carbonyl (C=O) groups excluding carboxylic acids is 3. The van der Waals surface area contributed by atoms with E-state index in [0.29, 0.717) is 13.0 Å². The van der Waals surface area contributed by atoms with Crippen LogP contribution in [0.5, 0.6) is 0 Å². The second kappa shape index (κ2) is 13.7. The van der Waals surface area contributed by atoms with Gasteiger partial charge in [0.2, 0.25) is 11.8 Å². The van der Waals surface area contributed by atoms with Gasteiger partial charge in [0, 0.05) is 12.1 Å². The fourth-order valence-corrected chi connectivity index (χ4v) is 3.95. The monoisotopic (exact) mass is 503 g/mol. The van der Waals surface area contributed by atoms with Gasteiger partial charge in [-0.05, 0) is 71.4 Å². The van der Waals surface area contributed by atoms with Crippen molar-refractivity contribution >= 4 is 17.9 Å². The molecule has 0 aromatic heterocycles. The zero-order valence-electron chi connectivity index (χ0n) is 24.2. The molecule has 1 aromatic carbocycles. The highest BCUT2D eigenvalue weighted by Gasteiger charge is 2.43. The minimum atomic E-state index is -0.843. The highest BCUT2D eigenvalue weighted by atomic mass is 16.6. The Morgan fingerprint density at radius 3 is 2.00 bits per heavy atom. The maximum atomic E-state index is 14.2. The number of carbonyl (C=O) groups is 3. The molecule has 0 bridgehead atoms. The Kier molecular flexibility index (Phi) is 11.9. The third-order valence-electron chi connectivity index (χ3n) is 6.15. The summed E-state index contributed by atoms with van der Waals surface area (Å²) >= 11 is 0. The summed E-state index contributed by atoms with van der Waals surface area (Å²) in [5, 5.41) is 5.84. The zero-order valence-corrected chi connectivity index (χ0v) is 24.2. The van der Waals surface area contributed by atoms with Crippen molar-refractivity contribution in [1.82, 2.24) is 15.5 Å². The molecule has 0 saturated heterocycles. The highest BCUT2D eigenvalue weighted by Crippen LogP contribution is 2.31. The van der Waals surface area contributed by atoms with Crippen LogP contribution in [0.1, 0.15) is 106 Å². The summed E-state index contributed by atoms with van der Waals surface area (Å²) in [6, 6.07) is 6.16. The number of aryl methyl sites for hydroxylation is 1. The van der Waals surface area contributed by atoms with Crippen molar-refractivity contribution in [1.29, 1.82) is 0 Å². The summed E-state index contributed by atoms with van der Waals surface area (Å²) in [5.74, 6) is -0.699. The lowest BCUT2D eigenvalue weighted by Gasteiger charge is -2.44. The van der Waals surface area contributed by atoms with Crippen LogP contribution in [0.25, 0.3) is 0 Å². The van der Waals surface area contributed by atoms with Crippen LogP contribution < -0.4 is 10.6 Å². The molecule has 7 nitrogen and oxygen atoms in total. The molecule has 204 valence electrons. The van der Waals surface area contributed by atoms with Crippen LogP contribution in [-0.4, -0.2) is 46.5 Å². The highest BCUT2D eigenvalue weighted by molar-refractivity contribution is 5.92. The van der Waals surface area contributed by atoms with E-state index in [1.807, 2.05) is 58.9 Å². The summed E-state index contributed by atoms with van der Waals surface area (Å²) in [6.45, 7) is 19.7. The van der Waals surface area contributed by atoms with E-state index in [0.717, 1.165) is 30.4 Å².